The molecule has 0 saturated carbocycles. The first-order valence-corrected chi connectivity index (χ1v) is 6.36. The highest BCUT2D eigenvalue weighted by Crippen LogP contribution is 2.24. The van der Waals surface area contributed by atoms with Crippen LogP contribution in [0.25, 0.3) is 11.2 Å². The third kappa shape index (κ3) is 2.53. The lowest BCUT2D eigenvalue weighted by Crippen LogP contribution is -2.24. The first kappa shape index (κ1) is 13.0. The van der Waals surface area contributed by atoms with E-state index in [9.17, 15) is 0 Å². The fraction of sp³-hybridized carbons (Fsp3) is 0.571. The SMILES string of the molecule is COCCCc1nc2cccnc2n1C(C)(C)C. The van der Waals surface area contributed by atoms with Crippen LogP contribution in [0.2, 0.25) is 0 Å². The number of imidazole rings is 1. The molecule has 0 fully saturated rings. The van der Waals surface area contributed by atoms with Crippen LogP contribution in [0.4, 0.5) is 0 Å². The summed E-state index contributed by atoms with van der Waals surface area (Å²) in [6.45, 7) is 7.31. The Morgan fingerprint density at radius 2 is 2.11 bits per heavy atom. The number of hydrogen-bond acceptors (Lipinski definition) is 3. The molecule has 0 radical (unpaired) electrons. The number of fused-ring (bicyclic) bond motifs is 1. The topological polar surface area (TPSA) is 39.9 Å². The lowest BCUT2D eigenvalue weighted by atomic mass is 10.1. The van der Waals surface area contributed by atoms with Gasteiger partial charge in [-0.05, 0) is 39.3 Å². The summed E-state index contributed by atoms with van der Waals surface area (Å²) in [6.07, 6.45) is 3.72. The van der Waals surface area contributed by atoms with Crippen molar-refractivity contribution in [3.63, 3.8) is 0 Å². The molecule has 2 heterocycles. The second-order valence-electron chi connectivity index (χ2n) is 5.48. The van der Waals surface area contributed by atoms with Crippen molar-refractivity contribution in [2.24, 2.45) is 0 Å². The molecule has 2 rings (SSSR count). The number of methoxy groups -OCH3 is 1. The normalized spacial score (nSPS) is 12.2. The zero-order chi connectivity index (χ0) is 13.2. The summed E-state index contributed by atoms with van der Waals surface area (Å²) in [5.74, 6) is 1.09. The van der Waals surface area contributed by atoms with Gasteiger partial charge in [-0.25, -0.2) is 9.97 Å². The fourth-order valence-electron chi connectivity index (χ4n) is 2.21. The summed E-state index contributed by atoms with van der Waals surface area (Å²) in [4.78, 5) is 9.16. The van der Waals surface area contributed by atoms with Crippen LogP contribution in [0.3, 0.4) is 0 Å². The highest BCUT2D eigenvalue weighted by atomic mass is 16.5. The second-order valence-corrected chi connectivity index (χ2v) is 5.48. The van der Waals surface area contributed by atoms with Crippen molar-refractivity contribution in [1.29, 1.82) is 0 Å². The first-order valence-electron chi connectivity index (χ1n) is 6.36. The lowest BCUT2D eigenvalue weighted by Gasteiger charge is -2.24. The minimum absolute atomic E-state index is 0.00842. The van der Waals surface area contributed by atoms with Gasteiger partial charge in [0.25, 0.3) is 0 Å². The summed E-state index contributed by atoms with van der Waals surface area (Å²) in [5, 5.41) is 0. The summed E-state index contributed by atoms with van der Waals surface area (Å²) < 4.78 is 7.34. The Morgan fingerprint density at radius 3 is 2.78 bits per heavy atom. The zero-order valence-corrected chi connectivity index (χ0v) is 11.6. The van der Waals surface area contributed by atoms with Gasteiger partial charge in [0.1, 0.15) is 11.3 Å². The standard InChI is InChI=1S/C14H21N3O/c1-14(2,3)17-12(8-6-10-18-4)16-11-7-5-9-15-13(11)17/h5,7,9H,6,8,10H2,1-4H3. The van der Waals surface area contributed by atoms with Gasteiger partial charge in [0.2, 0.25) is 0 Å². The third-order valence-electron chi connectivity index (χ3n) is 2.91. The molecule has 98 valence electrons. The van der Waals surface area contributed by atoms with Gasteiger partial charge in [0, 0.05) is 31.9 Å². The molecule has 0 spiro atoms. The van der Waals surface area contributed by atoms with Crippen molar-refractivity contribution in [2.75, 3.05) is 13.7 Å². The van der Waals surface area contributed by atoms with E-state index in [1.54, 1.807) is 7.11 Å². The van der Waals surface area contributed by atoms with Gasteiger partial charge in [0.15, 0.2) is 5.65 Å². The quantitative estimate of drug-likeness (QED) is 0.780. The number of pyridine rings is 1. The molecular formula is C14H21N3O. The molecule has 0 unspecified atom stereocenters. The van der Waals surface area contributed by atoms with E-state index in [2.05, 4.69) is 30.3 Å². The van der Waals surface area contributed by atoms with Gasteiger partial charge in [-0.1, -0.05) is 0 Å². The molecular weight excluding hydrogens is 226 g/mol. The van der Waals surface area contributed by atoms with Gasteiger partial charge in [-0.2, -0.15) is 0 Å². The molecule has 0 aromatic carbocycles. The lowest BCUT2D eigenvalue weighted by molar-refractivity contribution is 0.194. The van der Waals surface area contributed by atoms with E-state index in [4.69, 9.17) is 9.72 Å². The van der Waals surface area contributed by atoms with Crippen LogP contribution in [0.5, 0.6) is 0 Å². The van der Waals surface area contributed by atoms with Crippen LogP contribution in [-0.4, -0.2) is 28.3 Å². The van der Waals surface area contributed by atoms with Crippen molar-refractivity contribution in [1.82, 2.24) is 14.5 Å². The van der Waals surface area contributed by atoms with Gasteiger partial charge >= 0.3 is 0 Å². The maximum atomic E-state index is 5.11. The largest absolute Gasteiger partial charge is 0.385 e. The van der Waals surface area contributed by atoms with Crippen molar-refractivity contribution >= 4 is 11.2 Å². The Morgan fingerprint density at radius 1 is 1.33 bits per heavy atom. The maximum Gasteiger partial charge on any atom is 0.160 e. The van der Waals surface area contributed by atoms with Crippen LogP contribution in [0.1, 0.15) is 33.0 Å². The van der Waals surface area contributed by atoms with Crippen LogP contribution in [-0.2, 0) is 16.7 Å². The van der Waals surface area contributed by atoms with Gasteiger partial charge < -0.3 is 9.30 Å². The molecule has 0 saturated heterocycles. The molecule has 2 aromatic rings. The molecule has 0 aliphatic rings. The maximum absolute atomic E-state index is 5.11. The van der Waals surface area contributed by atoms with Crippen LogP contribution in [0.15, 0.2) is 18.3 Å². The monoisotopic (exact) mass is 247 g/mol. The number of hydrogen-bond donors (Lipinski definition) is 0. The molecule has 18 heavy (non-hydrogen) atoms. The second kappa shape index (κ2) is 5.06. The molecule has 4 nitrogen and oxygen atoms in total. The fourth-order valence-corrected chi connectivity index (χ4v) is 2.21. The van der Waals surface area contributed by atoms with Crippen molar-refractivity contribution in [3.8, 4) is 0 Å². The Balaban J connectivity index is 2.44. The van der Waals surface area contributed by atoms with E-state index in [1.807, 2.05) is 18.3 Å². The van der Waals surface area contributed by atoms with Crippen LogP contribution in [0, 0.1) is 0 Å². The van der Waals surface area contributed by atoms with Crippen LogP contribution >= 0.6 is 0 Å². The highest BCUT2D eigenvalue weighted by molar-refractivity contribution is 5.71. The van der Waals surface area contributed by atoms with E-state index in [0.29, 0.717) is 0 Å². The molecule has 2 aromatic heterocycles. The van der Waals surface area contributed by atoms with E-state index in [1.165, 1.54) is 0 Å². The molecule has 0 aliphatic heterocycles. The molecule has 0 bridgehead atoms. The molecule has 0 atom stereocenters. The van der Waals surface area contributed by atoms with E-state index < -0.39 is 0 Å². The minimum Gasteiger partial charge on any atom is -0.385 e. The Bertz CT molecular complexity index is 525. The molecule has 0 aliphatic carbocycles. The summed E-state index contributed by atoms with van der Waals surface area (Å²) in [5.41, 5.74) is 1.93. The van der Waals surface area contributed by atoms with Crippen molar-refractivity contribution < 1.29 is 4.74 Å². The summed E-state index contributed by atoms with van der Waals surface area (Å²) in [7, 11) is 1.73. The zero-order valence-electron chi connectivity index (χ0n) is 11.6. The average molecular weight is 247 g/mol. The van der Waals surface area contributed by atoms with E-state index in [0.717, 1.165) is 36.4 Å². The average Bonchev–Trinajstić information content (AvgIpc) is 2.67. The van der Waals surface area contributed by atoms with E-state index >= 15 is 0 Å². The van der Waals surface area contributed by atoms with Crippen molar-refractivity contribution in [3.05, 3.63) is 24.2 Å². The third-order valence-corrected chi connectivity index (χ3v) is 2.91. The number of rotatable bonds is 4. The van der Waals surface area contributed by atoms with Gasteiger partial charge in [-0.3, -0.25) is 0 Å². The minimum atomic E-state index is -0.00842. The predicted octanol–water partition coefficient (Wildman–Crippen LogP) is 2.77. The molecule has 0 N–H and O–H groups in total. The van der Waals surface area contributed by atoms with Crippen LogP contribution < -0.4 is 0 Å². The number of aryl methyl sites for hydroxylation is 1. The Labute approximate surface area is 108 Å². The van der Waals surface area contributed by atoms with Gasteiger partial charge in [-0.15, -0.1) is 0 Å². The number of ether oxygens (including phenoxy) is 1. The van der Waals surface area contributed by atoms with Gasteiger partial charge in [0.05, 0.1) is 0 Å². The number of nitrogens with zero attached hydrogens (tertiary/aromatic N) is 3. The highest BCUT2D eigenvalue weighted by Gasteiger charge is 2.21. The smallest absolute Gasteiger partial charge is 0.160 e. The number of aromatic nitrogens is 3. The molecule has 0 amide bonds. The predicted molar refractivity (Wildman–Crippen MR) is 72.7 cm³/mol. The Kier molecular flexibility index (Phi) is 3.66. The summed E-state index contributed by atoms with van der Waals surface area (Å²) >= 11 is 0. The van der Waals surface area contributed by atoms with Crippen molar-refractivity contribution in [2.45, 2.75) is 39.2 Å². The first-order chi connectivity index (χ1) is 8.54. The summed E-state index contributed by atoms with van der Waals surface area (Å²) in [6, 6.07) is 3.95. The molecule has 4 heteroatoms. The Hall–Kier alpha value is -1.42. The van der Waals surface area contributed by atoms with E-state index in [-0.39, 0.29) is 5.54 Å².